The summed E-state index contributed by atoms with van der Waals surface area (Å²) in [5.41, 5.74) is 0.843. The second-order valence-corrected chi connectivity index (χ2v) is 5.13. The van der Waals surface area contributed by atoms with Gasteiger partial charge in [-0.2, -0.15) is 0 Å². The maximum atomic E-state index is 11.2. The minimum absolute atomic E-state index is 0.118. The number of ether oxygens (including phenoxy) is 1. The van der Waals surface area contributed by atoms with Crippen LogP contribution >= 0.6 is 11.8 Å². The fourth-order valence-electron chi connectivity index (χ4n) is 1.45. The Hall–Kier alpha value is -1.37. The van der Waals surface area contributed by atoms with Gasteiger partial charge < -0.3 is 14.9 Å². The fourth-order valence-corrected chi connectivity index (χ4v) is 2.04. The van der Waals surface area contributed by atoms with Crippen LogP contribution in [0.3, 0.4) is 0 Å². The lowest BCUT2D eigenvalue weighted by Crippen LogP contribution is -2.21. The van der Waals surface area contributed by atoms with Gasteiger partial charge in [0.25, 0.3) is 0 Å². The molecule has 0 aromatic heterocycles. The van der Waals surface area contributed by atoms with Gasteiger partial charge in [0.2, 0.25) is 0 Å². The SMILES string of the molecule is COC(=O)c1ccc(C(O)C(O)CSC(C)=O)cc1. The molecule has 0 saturated heterocycles. The number of thioether (sulfide) groups is 1. The van der Waals surface area contributed by atoms with E-state index in [1.54, 1.807) is 12.1 Å². The maximum absolute atomic E-state index is 11.2. The molecule has 19 heavy (non-hydrogen) atoms. The summed E-state index contributed by atoms with van der Waals surface area (Å²) in [5.74, 6) is -0.344. The molecule has 0 aliphatic carbocycles. The molecule has 2 unspecified atom stereocenters. The lowest BCUT2D eigenvalue weighted by molar-refractivity contribution is -0.109. The third-order valence-corrected chi connectivity index (χ3v) is 3.41. The molecular formula is C13H16O5S. The van der Waals surface area contributed by atoms with Crippen molar-refractivity contribution in [2.45, 2.75) is 19.1 Å². The van der Waals surface area contributed by atoms with Crippen molar-refractivity contribution in [3.05, 3.63) is 35.4 Å². The highest BCUT2D eigenvalue weighted by Gasteiger charge is 2.19. The molecule has 104 valence electrons. The quantitative estimate of drug-likeness (QED) is 0.789. The summed E-state index contributed by atoms with van der Waals surface area (Å²) in [7, 11) is 1.29. The van der Waals surface area contributed by atoms with Gasteiger partial charge in [0.05, 0.1) is 18.8 Å². The third-order valence-electron chi connectivity index (χ3n) is 2.50. The predicted octanol–water partition coefficient (Wildman–Crippen LogP) is 1.15. The summed E-state index contributed by atoms with van der Waals surface area (Å²) in [6, 6.07) is 6.10. The number of aliphatic hydroxyl groups is 2. The van der Waals surface area contributed by atoms with Gasteiger partial charge in [-0.15, -0.1) is 0 Å². The average molecular weight is 284 g/mol. The van der Waals surface area contributed by atoms with Crippen LogP contribution in [0.5, 0.6) is 0 Å². The minimum Gasteiger partial charge on any atom is -0.465 e. The maximum Gasteiger partial charge on any atom is 0.337 e. The molecule has 2 atom stereocenters. The van der Waals surface area contributed by atoms with Crippen LogP contribution < -0.4 is 0 Å². The number of hydrogen-bond donors (Lipinski definition) is 2. The van der Waals surface area contributed by atoms with E-state index in [1.165, 1.54) is 26.2 Å². The van der Waals surface area contributed by atoms with Gasteiger partial charge in [-0.05, 0) is 17.7 Å². The molecule has 0 aliphatic heterocycles. The molecule has 0 radical (unpaired) electrons. The van der Waals surface area contributed by atoms with Crippen LogP contribution in [0.1, 0.15) is 28.9 Å². The first-order chi connectivity index (χ1) is 8.95. The van der Waals surface area contributed by atoms with Gasteiger partial charge in [-0.1, -0.05) is 23.9 Å². The normalized spacial score (nSPS) is 13.7. The zero-order valence-corrected chi connectivity index (χ0v) is 11.5. The molecule has 2 N–H and O–H groups in total. The van der Waals surface area contributed by atoms with Crippen molar-refractivity contribution in [2.75, 3.05) is 12.9 Å². The van der Waals surface area contributed by atoms with Crippen molar-refractivity contribution in [2.24, 2.45) is 0 Å². The highest BCUT2D eigenvalue weighted by Crippen LogP contribution is 2.20. The summed E-state index contributed by atoms with van der Waals surface area (Å²) in [4.78, 5) is 22.0. The first kappa shape index (κ1) is 15.7. The van der Waals surface area contributed by atoms with Crippen molar-refractivity contribution in [1.82, 2.24) is 0 Å². The van der Waals surface area contributed by atoms with Gasteiger partial charge in [-0.3, -0.25) is 4.79 Å². The Bertz CT molecular complexity index is 443. The Morgan fingerprint density at radius 2 is 1.84 bits per heavy atom. The predicted molar refractivity (Wildman–Crippen MR) is 71.9 cm³/mol. The van der Waals surface area contributed by atoms with Crippen LogP contribution in [0.4, 0.5) is 0 Å². The standard InChI is InChI=1S/C13H16O5S/c1-8(14)19-7-11(15)12(16)9-3-5-10(6-4-9)13(17)18-2/h3-6,11-12,15-16H,7H2,1-2H3. The Kier molecular flexibility index (Phi) is 6.01. The van der Waals surface area contributed by atoms with E-state index in [1.807, 2.05) is 0 Å². The minimum atomic E-state index is -1.10. The van der Waals surface area contributed by atoms with Gasteiger partial charge in [0.15, 0.2) is 5.12 Å². The van der Waals surface area contributed by atoms with E-state index >= 15 is 0 Å². The second-order valence-electron chi connectivity index (χ2n) is 3.93. The van der Waals surface area contributed by atoms with Gasteiger partial charge >= 0.3 is 5.97 Å². The molecular weight excluding hydrogens is 268 g/mol. The van der Waals surface area contributed by atoms with E-state index in [-0.39, 0.29) is 10.9 Å². The van der Waals surface area contributed by atoms with Crippen molar-refractivity contribution in [1.29, 1.82) is 0 Å². The lowest BCUT2D eigenvalue weighted by Gasteiger charge is -2.17. The van der Waals surface area contributed by atoms with Crippen molar-refractivity contribution < 1.29 is 24.5 Å². The number of methoxy groups -OCH3 is 1. The fraction of sp³-hybridized carbons (Fsp3) is 0.385. The Morgan fingerprint density at radius 1 is 1.26 bits per heavy atom. The molecule has 5 nitrogen and oxygen atoms in total. The molecule has 1 rings (SSSR count). The molecule has 0 heterocycles. The Labute approximate surface area is 115 Å². The van der Waals surface area contributed by atoms with Crippen LogP contribution in [0.2, 0.25) is 0 Å². The van der Waals surface area contributed by atoms with Crippen molar-refractivity contribution >= 4 is 22.8 Å². The molecule has 0 fully saturated rings. The van der Waals surface area contributed by atoms with Crippen molar-refractivity contribution in [3.63, 3.8) is 0 Å². The highest BCUT2D eigenvalue weighted by atomic mass is 32.2. The zero-order chi connectivity index (χ0) is 14.4. The van der Waals surface area contributed by atoms with Gasteiger partial charge in [0, 0.05) is 12.7 Å². The van der Waals surface area contributed by atoms with E-state index in [0.717, 1.165) is 11.8 Å². The molecule has 0 saturated carbocycles. The summed E-state index contributed by atoms with van der Waals surface area (Å²) >= 11 is 0.951. The number of carbonyl (C=O) groups is 2. The van der Waals surface area contributed by atoms with Gasteiger partial charge in [-0.25, -0.2) is 4.79 Å². The molecule has 0 aliphatic rings. The van der Waals surface area contributed by atoms with Crippen LogP contribution in [0, 0.1) is 0 Å². The summed E-state index contributed by atoms with van der Waals surface area (Å²) in [5, 5.41) is 19.5. The van der Waals surface area contributed by atoms with E-state index in [0.29, 0.717) is 11.1 Å². The van der Waals surface area contributed by atoms with Crippen molar-refractivity contribution in [3.8, 4) is 0 Å². The molecule has 0 spiro atoms. The molecule has 1 aromatic carbocycles. The van der Waals surface area contributed by atoms with E-state index in [9.17, 15) is 19.8 Å². The van der Waals surface area contributed by atoms with Gasteiger partial charge in [0.1, 0.15) is 6.10 Å². The average Bonchev–Trinajstić information content (AvgIpc) is 2.43. The first-order valence-electron chi connectivity index (χ1n) is 5.63. The summed E-state index contributed by atoms with van der Waals surface area (Å²) in [6.07, 6.45) is -2.14. The molecule has 0 bridgehead atoms. The van der Waals surface area contributed by atoms with Crippen LogP contribution in [-0.4, -0.2) is 40.3 Å². The van der Waals surface area contributed by atoms with E-state index in [4.69, 9.17) is 0 Å². The van der Waals surface area contributed by atoms with E-state index < -0.39 is 18.2 Å². The number of rotatable bonds is 5. The number of aliphatic hydroxyl groups excluding tert-OH is 2. The first-order valence-corrected chi connectivity index (χ1v) is 6.62. The zero-order valence-electron chi connectivity index (χ0n) is 10.7. The highest BCUT2D eigenvalue weighted by molar-refractivity contribution is 8.13. The van der Waals surface area contributed by atoms with Crippen LogP contribution in [0.25, 0.3) is 0 Å². The number of hydrogen-bond acceptors (Lipinski definition) is 6. The van der Waals surface area contributed by atoms with Crippen LogP contribution in [-0.2, 0) is 9.53 Å². The third kappa shape index (κ3) is 4.66. The monoisotopic (exact) mass is 284 g/mol. The number of esters is 1. The number of carbonyl (C=O) groups excluding carboxylic acids is 2. The lowest BCUT2D eigenvalue weighted by atomic mass is 10.0. The summed E-state index contributed by atoms with van der Waals surface area (Å²) in [6.45, 7) is 1.40. The largest absolute Gasteiger partial charge is 0.465 e. The number of benzene rings is 1. The summed E-state index contributed by atoms with van der Waals surface area (Å²) < 4.78 is 4.56. The smallest absolute Gasteiger partial charge is 0.337 e. The Morgan fingerprint density at radius 3 is 2.32 bits per heavy atom. The van der Waals surface area contributed by atoms with Crippen LogP contribution in [0.15, 0.2) is 24.3 Å². The molecule has 1 aromatic rings. The Balaban J connectivity index is 2.69. The van der Waals surface area contributed by atoms with E-state index in [2.05, 4.69) is 4.74 Å². The second kappa shape index (κ2) is 7.28. The topological polar surface area (TPSA) is 83.8 Å². The molecule has 6 heteroatoms. The molecule has 0 amide bonds.